The molecule has 31 heavy (non-hydrogen) atoms. The quantitative estimate of drug-likeness (QED) is 0.679. The standard InChI is InChI=1S/C21H24N4O4S2/c1-14-6-9-18(22-13-14)24-31(28,29)15-7-8-17-16(12-15)23-20(26)19(30-17)21(27)25-10-4-2-3-5-11-25/h6-9,12-13,19H,2-5,10-11H2,1H3,(H,22,24)(H,23,26)/t19-/m0/s1. The Hall–Kier alpha value is -2.59. The van der Waals surface area contributed by atoms with Crippen LogP contribution in [0.15, 0.2) is 46.3 Å². The maximum absolute atomic E-state index is 12.9. The fourth-order valence-electron chi connectivity index (χ4n) is 3.60. The lowest BCUT2D eigenvalue weighted by atomic mass is 10.2. The molecule has 4 rings (SSSR count). The fourth-order valence-corrected chi connectivity index (χ4v) is 5.69. The predicted molar refractivity (Wildman–Crippen MR) is 120 cm³/mol. The van der Waals surface area contributed by atoms with Crippen LogP contribution >= 0.6 is 11.8 Å². The number of hydrogen-bond acceptors (Lipinski definition) is 6. The lowest BCUT2D eigenvalue weighted by Crippen LogP contribution is -2.45. The summed E-state index contributed by atoms with van der Waals surface area (Å²) in [4.78, 5) is 32.1. The number of anilines is 2. The molecule has 1 fully saturated rings. The van der Waals surface area contributed by atoms with Gasteiger partial charge in [0.15, 0.2) is 5.25 Å². The van der Waals surface area contributed by atoms with Gasteiger partial charge in [0.2, 0.25) is 11.8 Å². The maximum atomic E-state index is 12.9. The van der Waals surface area contributed by atoms with Crippen molar-refractivity contribution in [1.29, 1.82) is 0 Å². The molecule has 0 saturated carbocycles. The van der Waals surface area contributed by atoms with Crippen LogP contribution in [0.1, 0.15) is 31.2 Å². The Morgan fingerprint density at radius 1 is 1.16 bits per heavy atom. The van der Waals surface area contributed by atoms with E-state index in [-0.39, 0.29) is 16.6 Å². The van der Waals surface area contributed by atoms with Crippen LogP contribution in [-0.2, 0) is 19.6 Å². The number of carbonyl (C=O) groups is 2. The number of aromatic nitrogens is 1. The summed E-state index contributed by atoms with van der Waals surface area (Å²) in [6.45, 7) is 3.21. The summed E-state index contributed by atoms with van der Waals surface area (Å²) in [5.74, 6) is -0.391. The van der Waals surface area contributed by atoms with Crippen molar-refractivity contribution in [2.75, 3.05) is 23.1 Å². The molecule has 1 atom stereocenters. The Bertz CT molecular complexity index is 1090. The summed E-state index contributed by atoms with van der Waals surface area (Å²) >= 11 is 1.17. The molecular weight excluding hydrogens is 436 g/mol. The number of amides is 2. The second kappa shape index (κ2) is 8.88. The number of hydrogen-bond donors (Lipinski definition) is 2. The third kappa shape index (κ3) is 4.85. The minimum atomic E-state index is -3.88. The Labute approximate surface area is 185 Å². The van der Waals surface area contributed by atoms with Crippen molar-refractivity contribution < 1.29 is 18.0 Å². The minimum Gasteiger partial charge on any atom is -0.341 e. The van der Waals surface area contributed by atoms with E-state index in [1.54, 1.807) is 29.3 Å². The third-order valence-corrected chi connectivity index (χ3v) is 7.91. The van der Waals surface area contributed by atoms with Crippen LogP contribution in [0.3, 0.4) is 0 Å². The summed E-state index contributed by atoms with van der Waals surface area (Å²) in [6, 6.07) is 7.84. The van der Waals surface area contributed by atoms with Gasteiger partial charge in [-0.3, -0.25) is 14.3 Å². The number of likely N-dealkylation sites (tertiary alicyclic amines) is 1. The molecule has 1 saturated heterocycles. The first-order valence-electron chi connectivity index (χ1n) is 10.2. The van der Waals surface area contributed by atoms with Crippen LogP contribution in [0, 0.1) is 6.92 Å². The van der Waals surface area contributed by atoms with Crippen molar-refractivity contribution in [3.63, 3.8) is 0 Å². The van der Waals surface area contributed by atoms with Crippen LogP contribution in [0.4, 0.5) is 11.5 Å². The molecule has 0 unspecified atom stereocenters. The summed E-state index contributed by atoms with van der Waals surface area (Å²) in [5.41, 5.74) is 1.30. The van der Waals surface area contributed by atoms with Gasteiger partial charge >= 0.3 is 0 Å². The van der Waals surface area contributed by atoms with Gasteiger partial charge in [-0.2, -0.15) is 0 Å². The smallest absolute Gasteiger partial charge is 0.263 e. The molecule has 1 aromatic heterocycles. The van der Waals surface area contributed by atoms with E-state index in [9.17, 15) is 18.0 Å². The van der Waals surface area contributed by atoms with Gasteiger partial charge in [-0.15, -0.1) is 11.8 Å². The highest BCUT2D eigenvalue weighted by Crippen LogP contribution is 2.38. The third-order valence-electron chi connectivity index (χ3n) is 5.29. The molecule has 10 heteroatoms. The number of benzene rings is 1. The zero-order valence-corrected chi connectivity index (χ0v) is 18.8. The Kier molecular flexibility index (Phi) is 6.19. The highest BCUT2D eigenvalue weighted by atomic mass is 32.2. The summed E-state index contributed by atoms with van der Waals surface area (Å²) in [6.07, 6.45) is 5.67. The molecule has 8 nitrogen and oxygen atoms in total. The topological polar surface area (TPSA) is 108 Å². The van der Waals surface area contributed by atoms with E-state index in [1.165, 1.54) is 23.9 Å². The Morgan fingerprint density at radius 3 is 2.58 bits per heavy atom. The number of fused-ring (bicyclic) bond motifs is 1. The maximum Gasteiger partial charge on any atom is 0.263 e. The molecule has 0 bridgehead atoms. The number of sulfonamides is 1. The van der Waals surface area contributed by atoms with Crippen LogP contribution in [-0.4, -0.2) is 48.5 Å². The van der Waals surface area contributed by atoms with Crippen molar-refractivity contribution >= 4 is 45.1 Å². The molecule has 1 aromatic carbocycles. The van der Waals surface area contributed by atoms with Gasteiger partial charge < -0.3 is 10.2 Å². The van der Waals surface area contributed by atoms with E-state index in [4.69, 9.17) is 0 Å². The van der Waals surface area contributed by atoms with Crippen molar-refractivity contribution in [2.24, 2.45) is 0 Å². The van der Waals surface area contributed by atoms with E-state index in [0.29, 0.717) is 23.7 Å². The number of carbonyl (C=O) groups excluding carboxylic acids is 2. The van der Waals surface area contributed by atoms with Crippen molar-refractivity contribution in [1.82, 2.24) is 9.88 Å². The van der Waals surface area contributed by atoms with Crippen molar-refractivity contribution in [2.45, 2.75) is 47.6 Å². The van der Waals surface area contributed by atoms with Gasteiger partial charge in [0.25, 0.3) is 10.0 Å². The van der Waals surface area contributed by atoms with Crippen LogP contribution in [0.5, 0.6) is 0 Å². The molecule has 2 N–H and O–H groups in total. The number of nitrogens with one attached hydrogen (secondary N) is 2. The molecule has 2 aliphatic heterocycles. The van der Waals surface area contributed by atoms with Crippen LogP contribution in [0.25, 0.3) is 0 Å². The van der Waals surface area contributed by atoms with E-state index in [0.717, 1.165) is 31.2 Å². The number of nitrogens with zero attached hydrogens (tertiary/aromatic N) is 2. The monoisotopic (exact) mass is 460 g/mol. The highest BCUT2D eigenvalue weighted by molar-refractivity contribution is 8.01. The first-order valence-corrected chi connectivity index (χ1v) is 12.6. The van der Waals surface area contributed by atoms with E-state index >= 15 is 0 Å². The minimum absolute atomic E-state index is 0.00631. The zero-order valence-electron chi connectivity index (χ0n) is 17.1. The Balaban J connectivity index is 1.52. The summed E-state index contributed by atoms with van der Waals surface area (Å²) in [7, 11) is -3.88. The van der Waals surface area contributed by atoms with Crippen LogP contribution in [0.2, 0.25) is 0 Å². The molecule has 2 amide bonds. The van der Waals surface area contributed by atoms with Gasteiger partial charge in [-0.1, -0.05) is 18.9 Å². The molecule has 2 aromatic rings. The van der Waals surface area contributed by atoms with E-state index in [2.05, 4.69) is 15.0 Å². The van der Waals surface area contributed by atoms with E-state index < -0.39 is 21.2 Å². The first kappa shape index (κ1) is 21.6. The number of aryl methyl sites for hydroxylation is 1. The number of thioether (sulfide) groups is 1. The SMILES string of the molecule is Cc1ccc(NS(=O)(=O)c2ccc3c(c2)NC(=O)[C@@H](C(=O)N2CCCCCC2)S3)nc1. The van der Waals surface area contributed by atoms with Crippen molar-refractivity contribution in [3.8, 4) is 0 Å². The highest BCUT2D eigenvalue weighted by Gasteiger charge is 2.36. The molecular formula is C21H24N4O4S2. The average Bonchev–Trinajstić information content (AvgIpc) is 3.03. The molecule has 164 valence electrons. The first-order chi connectivity index (χ1) is 14.8. The largest absolute Gasteiger partial charge is 0.341 e. The van der Waals surface area contributed by atoms with Crippen molar-refractivity contribution in [3.05, 3.63) is 42.1 Å². The molecule has 0 radical (unpaired) electrons. The van der Waals surface area contributed by atoms with Gasteiger partial charge in [0, 0.05) is 24.2 Å². The Morgan fingerprint density at radius 2 is 1.90 bits per heavy atom. The fraction of sp³-hybridized carbons (Fsp3) is 0.381. The van der Waals surface area contributed by atoms with E-state index in [1.807, 2.05) is 6.92 Å². The molecule has 0 spiro atoms. The van der Waals surface area contributed by atoms with Gasteiger partial charge in [0.05, 0.1) is 10.6 Å². The normalized spacial score (nSPS) is 19.2. The average molecular weight is 461 g/mol. The zero-order chi connectivity index (χ0) is 22.0. The predicted octanol–water partition coefficient (Wildman–Crippen LogP) is 3.01. The number of pyridine rings is 1. The second-order valence-electron chi connectivity index (χ2n) is 7.71. The van der Waals surface area contributed by atoms with Crippen LogP contribution < -0.4 is 10.0 Å². The molecule has 2 aliphatic rings. The van der Waals surface area contributed by atoms with Gasteiger partial charge in [-0.25, -0.2) is 13.4 Å². The molecule has 3 heterocycles. The lowest BCUT2D eigenvalue weighted by Gasteiger charge is -2.28. The molecule has 0 aliphatic carbocycles. The summed E-state index contributed by atoms with van der Waals surface area (Å²) < 4.78 is 27.9. The summed E-state index contributed by atoms with van der Waals surface area (Å²) in [5, 5.41) is 1.86. The lowest BCUT2D eigenvalue weighted by molar-refractivity contribution is -0.133. The van der Waals surface area contributed by atoms with Gasteiger partial charge in [-0.05, 0) is 49.6 Å². The number of rotatable bonds is 4. The van der Waals surface area contributed by atoms with Gasteiger partial charge in [0.1, 0.15) is 5.82 Å². The second-order valence-corrected chi connectivity index (χ2v) is 10.5.